The predicted molar refractivity (Wildman–Crippen MR) is 80.5 cm³/mol. The van der Waals surface area contributed by atoms with Crippen LogP contribution in [0.15, 0.2) is 18.2 Å². The first-order chi connectivity index (χ1) is 9.97. The van der Waals surface area contributed by atoms with Gasteiger partial charge in [0.1, 0.15) is 11.8 Å². The Balaban J connectivity index is 2.48. The summed E-state index contributed by atoms with van der Waals surface area (Å²) in [4.78, 5) is 22.6. The molecule has 1 amide bonds. The predicted octanol–water partition coefficient (Wildman–Crippen LogP) is 2.31. The van der Waals surface area contributed by atoms with Gasteiger partial charge in [-0.05, 0) is 37.8 Å². The smallest absolute Gasteiger partial charge is 0.326 e. The number of nitrogens with one attached hydrogen (secondary N) is 1. The molecule has 0 saturated carbocycles. The van der Waals surface area contributed by atoms with Crippen molar-refractivity contribution in [1.82, 2.24) is 5.32 Å². The maximum atomic E-state index is 11.7. The molecule has 0 bridgehead atoms. The lowest BCUT2D eigenvalue weighted by molar-refractivity contribution is -0.141. The third-order valence-corrected chi connectivity index (χ3v) is 3.33. The standard InChI is InChI=1S/C16H23NO4/c1-4-13(16(19)20)17-15(18)7-5-6-12-10-11(2)8-9-14(12)21-3/h8-10,13H,4-7H2,1-3H3,(H,17,18)(H,19,20). The van der Waals surface area contributed by atoms with Gasteiger partial charge in [-0.3, -0.25) is 4.79 Å². The third-order valence-electron chi connectivity index (χ3n) is 3.33. The Labute approximate surface area is 125 Å². The fourth-order valence-electron chi connectivity index (χ4n) is 2.15. The fourth-order valence-corrected chi connectivity index (χ4v) is 2.15. The first kappa shape index (κ1) is 17.0. The number of carbonyl (C=O) groups is 2. The Morgan fingerprint density at radius 2 is 2.10 bits per heavy atom. The second kappa shape index (κ2) is 8.29. The summed E-state index contributed by atoms with van der Waals surface area (Å²) in [6.45, 7) is 3.74. The molecule has 0 fully saturated rings. The highest BCUT2D eigenvalue weighted by atomic mass is 16.5. The van der Waals surface area contributed by atoms with Crippen molar-refractivity contribution in [2.75, 3.05) is 7.11 Å². The molecule has 0 spiro atoms. The van der Waals surface area contributed by atoms with Gasteiger partial charge in [0, 0.05) is 6.42 Å². The van der Waals surface area contributed by atoms with Crippen LogP contribution in [0.3, 0.4) is 0 Å². The summed E-state index contributed by atoms with van der Waals surface area (Å²) in [6.07, 6.45) is 2.07. The average Bonchev–Trinajstić information content (AvgIpc) is 2.44. The van der Waals surface area contributed by atoms with Gasteiger partial charge >= 0.3 is 5.97 Å². The van der Waals surface area contributed by atoms with E-state index >= 15 is 0 Å². The Hall–Kier alpha value is -2.04. The van der Waals surface area contributed by atoms with Crippen molar-refractivity contribution in [1.29, 1.82) is 0 Å². The zero-order valence-corrected chi connectivity index (χ0v) is 12.8. The van der Waals surface area contributed by atoms with E-state index in [4.69, 9.17) is 9.84 Å². The molecule has 2 N–H and O–H groups in total. The number of hydrogen-bond donors (Lipinski definition) is 2. The number of amides is 1. The van der Waals surface area contributed by atoms with Crippen LogP contribution < -0.4 is 10.1 Å². The molecule has 1 aromatic rings. The molecule has 5 nitrogen and oxygen atoms in total. The number of benzene rings is 1. The molecule has 1 unspecified atom stereocenters. The summed E-state index contributed by atoms with van der Waals surface area (Å²) < 4.78 is 5.29. The molecule has 0 aliphatic carbocycles. The van der Waals surface area contributed by atoms with Crippen molar-refractivity contribution in [2.24, 2.45) is 0 Å². The van der Waals surface area contributed by atoms with E-state index in [0.29, 0.717) is 19.3 Å². The van der Waals surface area contributed by atoms with Crippen LogP contribution in [0.2, 0.25) is 0 Å². The number of carboxylic acids is 1. The van der Waals surface area contributed by atoms with Crippen LogP contribution in [0.5, 0.6) is 5.75 Å². The lowest BCUT2D eigenvalue weighted by Gasteiger charge is -2.12. The number of carbonyl (C=O) groups excluding carboxylic acids is 1. The minimum absolute atomic E-state index is 0.226. The second-order valence-corrected chi connectivity index (χ2v) is 5.04. The molecule has 0 aliphatic rings. The van der Waals surface area contributed by atoms with E-state index in [0.717, 1.165) is 23.3 Å². The molecule has 0 aromatic heterocycles. The number of methoxy groups -OCH3 is 1. The first-order valence-electron chi connectivity index (χ1n) is 7.13. The molecular weight excluding hydrogens is 270 g/mol. The minimum atomic E-state index is -0.994. The molecule has 1 aromatic carbocycles. The molecule has 116 valence electrons. The first-order valence-corrected chi connectivity index (χ1v) is 7.13. The maximum Gasteiger partial charge on any atom is 0.326 e. The molecule has 1 atom stereocenters. The van der Waals surface area contributed by atoms with Crippen LogP contribution in [-0.2, 0) is 16.0 Å². The molecule has 0 radical (unpaired) electrons. The summed E-state index contributed by atoms with van der Waals surface area (Å²) in [5.74, 6) is -0.403. The van der Waals surface area contributed by atoms with Crippen LogP contribution in [-0.4, -0.2) is 30.1 Å². The lowest BCUT2D eigenvalue weighted by Crippen LogP contribution is -2.40. The van der Waals surface area contributed by atoms with E-state index in [1.165, 1.54) is 0 Å². The summed E-state index contributed by atoms with van der Waals surface area (Å²) in [5.41, 5.74) is 2.21. The topological polar surface area (TPSA) is 75.6 Å². The van der Waals surface area contributed by atoms with Gasteiger partial charge in [-0.1, -0.05) is 24.6 Å². The summed E-state index contributed by atoms with van der Waals surface area (Å²) >= 11 is 0. The van der Waals surface area contributed by atoms with Crippen molar-refractivity contribution < 1.29 is 19.4 Å². The average molecular weight is 293 g/mol. The van der Waals surface area contributed by atoms with Crippen molar-refractivity contribution in [3.05, 3.63) is 29.3 Å². The van der Waals surface area contributed by atoms with E-state index < -0.39 is 12.0 Å². The van der Waals surface area contributed by atoms with Crippen molar-refractivity contribution in [3.63, 3.8) is 0 Å². The minimum Gasteiger partial charge on any atom is -0.496 e. The Morgan fingerprint density at radius 1 is 1.38 bits per heavy atom. The Bertz CT molecular complexity index is 499. The van der Waals surface area contributed by atoms with Gasteiger partial charge in [0.25, 0.3) is 0 Å². The van der Waals surface area contributed by atoms with Gasteiger partial charge in [-0.2, -0.15) is 0 Å². The highest BCUT2D eigenvalue weighted by molar-refractivity contribution is 5.83. The lowest BCUT2D eigenvalue weighted by atomic mass is 10.0. The Kier molecular flexibility index (Phi) is 6.72. The van der Waals surface area contributed by atoms with Gasteiger partial charge in [0.15, 0.2) is 0 Å². The van der Waals surface area contributed by atoms with Crippen LogP contribution in [0.25, 0.3) is 0 Å². The number of rotatable bonds is 8. The number of hydrogen-bond acceptors (Lipinski definition) is 3. The number of carboxylic acid groups (broad SMARTS) is 1. The number of aryl methyl sites for hydroxylation is 2. The zero-order chi connectivity index (χ0) is 15.8. The van der Waals surface area contributed by atoms with E-state index in [1.54, 1.807) is 14.0 Å². The largest absolute Gasteiger partial charge is 0.496 e. The van der Waals surface area contributed by atoms with Gasteiger partial charge in [0.2, 0.25) is 5.91 Å². The normalized spacial score (nSPS) is 11.8. The molecule has 0 saturated heterocycles. The second-order valence-electron chi connectivity index (χ2n) is 5.04. The van der Waals surface area contributed by atoms with Crippen LogP contribution >= 0.6 is 0 Å². The van der Waals surface area contributed by atoms with Crippen LogP contribution in [0.1, 0.15) is 37.3 Å². The molecule has 0 heterocycles. The zero-order valence-electron chi connectivity index (χ0n) is 12.8. The Morgan fingerprint density at radius 3 is 2.67 bits per heavy atom. The van der Waals surface area contributed by atoms with Gasteiger partial charge in [-0.15, -0.1) is 0 Å². The SMILES string of the molecule is CCC(NC(=O)CCCc1cc(C)ccc1OC)C(=O)O. The molecule has 0 aliphatic heterocycles. The highest BCUT2D eigenvalue weighted by Gasteiger charge is 2.17. The number of aliphatic carboxylic acids is 1. The van der Waals surface area contributed by atoms with E-state index in [9.17, 15) is 9.59 Å². The maximum absolute atomic E-state index is 11.7. The summed E-state index contributed by atoms with van der Waals surface area (Å²) in [5, 5.41) is 11.4. The van der Waals surface area contributed by atoms with Crippen molar-refractivity contribution in [3.8, 4) is 5.75 Å². The molecule has 21 heavy (non-hydrogen) atoms. The van der Waals surface area contributed by atoms with Gasteiger partial charge in [-0.25, -0.2) is 4.79 Å². The fraction of sp³-hybridized carbons (Fsp3) is 0.500. The van der Waals surface area contributed by atoms with Crippen molar-refractivity contribution in [2.45, 2.75) is 45.6 Å². The van der Waals surface area contributed by atoms with E-state index in [2.05, 4.69) is 5.32 Å². The van der Waals surface area contributed by atoms with Crippen LogP contribution in [0.4, 0.5) is 0 Å². The summed E-state index contributed by atoms with van der Waals surface area (Å²) in [7, 11) is 1.62. The van der Waals surface area contributed by atoms with E-state index in [1.807, 2.05) is 25.1 Å². The summed E-state index contributed by atoms with van der Waals surface area (Å²) in [6, 6.07) is 5.14. The van der Waals surface area contributed by atoms with Crippen LogP contribution in [0, 0.1) is 6.92 Å². The van der Waals surface area contributed by atoms with Gasteiger partial charge < -0.3 is 15.2 Å². The molecular formula is C16H23NO4. The monoisotopic (exact) mass is 293 g/mol. The molecule has 1 rings (SSSR count). The van der Waals surface area contributed by atoms with Crippen molar-refractivity contribution >= 4 is 11.9 Å². The number of ether oxygens (including phenoxy) is 1. The highest BCUT2D eigenvalue weighted by Crippen LogP contribution is 2.21. The quantitative estimate of drug-likeness (QED) is 0.771. The molecule has 5 heteroatoms. The third kappa shape index (κ3) is 5.45. The van der Waals surface area contributed by atoms with Gasteiger partial charge in [0.05, 0.1) is 7.11 Å². The van der Waals surface area contributed by atoms with E-state index in [-0.39, 0.29) is 5.91 Å².